The van der Waals surface area contributed by atoms with Crippen LogP contribution in [0.4, 0.5) is 5.13 Å². The highest BCUT2D eigenvalue weighted by atomic mass is 32.2. The van der Waals surface area contributed by atoms with Crippen LogP contribution in [0.5, 0.6) is 0 Å². The summed E-state index contributed by atoms with van der Waals surface area (Å²) in [6.45, 7) is 3.17. The van der Waals surface area contributed by atoms with Gasteiger partial charge in [-0.25, -0.2) is 9.78 Å². The molecule has 0 spiro atoms. The maximum atomic E-state index is 12.7. The number of amides is 2. The van der Waals surface area contributed by atoms with Gasteiger partial charge in [0.25, 0.3) is 11.8 Å². The standard InChI is InChI=1S/C20H23N5O7S2/c1-10(4-5-31-11(2)26)7-32-19(29)12-6-25-17(28)15(18(25)33-8-12)23-16(27)14(24-30-3)13-9-34-20(21)22-13/h4,6,9,15,18H,5,7-8H2,1-3H3,(H2,21,22)(H,23,27)/t15?,18-/m1/s1. The van der Waals surface area contributed by atoms with Gasteiger partial charge in [-0.15, -0.1) is 23.1 Å². The number of oxime groups is 1. The molecule has 1 saturated heterocycles. The fourth-order valence-electron chi connectivity index (χ4n) is 2.96. The van der Waals surface area contributed by atoms with E-state index in [0.717, 1.165) is 16.9 Å². The van der Waals surface area contributed by atoms with Crippen molar-refractivity contribution in [3.63, 3.8) is 0 Å². The third-order valence-corrected chi connectivity index (χ3v) is 6.64. The van der Waals surface area contributed by atoms with E-state index in [-0.39, 0.29) is 41.0 Å². The molecule has 182 valence electrons. The van der Waals surface area contributed by atoms with Crippen molar-refractivity contribution in [2.45, 2.75) is 25.3 Å². The van der Waals surface area contributed by atoms with Gasteiger partial charge in [0.2, 0.25) is 0 Å². The van der Waals surface area contributed by atoms with E-state index in [1.54, 1.807) is 18.4 Å². The van der Waals surface area contributed by atoms with Crippen LogP contribution in [0.25, 0.3) is 0 Å². The lowest BCUT2D eigenvalue weighted by molar-refractivity contribution is -0.144. The molecule has 1 aromatic rings. The van der Waals surface area contributed by atoms with Crippen LogP contribution in [-0.4, -0.2) is 76.8 Å². The fraction of sp³-hybridized carbons (Fsp3) is 0.400. The smallest absolute Gasteiger partial charge is 0.336 e. The third kappa shape index (κ3) is 5.94. The largest absolute Gasteiger partial charge is 0.462 e. The van der Waals surface area contributed by atoms with E-state index in [0.29, 0.717) is 11.3 Å². The number of nitrogens with zero attached hydrogens (tertiary/aromatic N) is 3. The Kier molecular flexibility index (Phi) is 8.28. The molecule has 3 heterocycles. The molecule has 0 aliphatic carbocycles. The SMILES string of the molecule is CON=C(C(=O)NC1C(=O)N2C=C(C(=O)OCC(C)=CCOC(C)=O)CS[C@H]12)c1csc(N)n1. The predicted molar refractivity (Wildman–Crippen MR) is 125 cm³/mol. The second kappa shape index (κ2) is 11.2. The first kappa shape index (κ1) is 25.2. The Bertz CT molecular complexity index is 1080. The van der Waals surface area contributed by atoms with Gasteiger partial charge in [0.15, 0.2) is 10.8 Å². The normalized spacial score (nSPS) is 20.0. The minimum absolute atomic E-state index is 0.0287. The van der Waals surface area contributed by atoms with Gasteiger partial charge in [-0.05, 0) is 18.6 Å². The predicted octanol–water partition coefficient (Wildman–Crippen LogP) is 0.412. The Morgan fingerprint density at radius 1 is 1.35 bits per heavy atom. The van der Waals surface area contributed by atoms with Crippen molar-refractivity contribution in [2.24, 2.45) is 5.16 Å². The van der Waals surface area contributed by atoms with Crippen molar-refractivity contribution < 1.29 is 33.5 Å². The summed E-state index contributed by atoms with van der Waals surface area (Å²) in [6, 6.07) is -0.796. The van der Waals surface area contributed by atoms with Gasteiger partial charge in [-0.3, -0.25) is 14.4 Å². The summed E-state index contributed by atoms with van der Waals surface area (Å²) in [6.07, 6.45) is 3.08. The summed E-state index contributed by atoms with van der Waals surface area (Å²) in [5.41, 5.74) is 6.80. The number of rotatable bonds is 9. The summed E-state index contributed by atoms with van der Waals surface area (Å²) in [5, 5.41) is 7.80. The van der Waals surface area contributed by atoms with Crippen molar-refractivity contribution in [1.29, 1.82) is 0 Å². The van der Waals surface area contributed by atoms with Crippen LogP contribution in [0.3, 0.4) is 0 Å². The van der Waals surface area contributed by atoms with Crippen LogP contribution >= 0.6 is 23.1 Å². The molecule has 1 unspecified atom stereocenters. The molecule has 2 aliphatic rings. The van der Waals surface area contributed by atoms with Gasteiger partial charge in [0.05, 0.1) is 5.57 Å². The number of carbonyl (C=O) groups excluding carboxylic acids is 4. The molecule has 1 aromatic heterocycles. The molecule has 2 aliphatic heterocycles. The zero-order chi connectivity index (χ0) is 24.8. The van der Waals surface area contributed by atoms with E-state index in [1.807, 2.05) is 0 Å². The first-order valence-electron chi connectivity index (χ1n) is 9.95. The number of nitrogen functional groups attached to an aromatic ring is 1. The van der Waals surface area contributed by atoms with E-state index < -0.39 is 23.9 Å². The number of aromatic nitrogens is 1. The van der Waals surface area contributed by atoms with Gasteiger partial charge in [0, 0.05) is 24.3 Å². The zero-order valence-electron chi connectivity index (χ0n) is 18.6. The van der Waals surface area contributed by atoms with Crippen LogP contribution in [-0.2, 0) is 33.5 Å². The zero-order valence-corrected chi connectivity index (χ0v) is 20.2. The van der Waals surface area contributed by atoms with E-state index in [1.165, 1.54) is 36.9 Å². The quantitative estimate of drug-likeness (QED) is 0.157. The summed E-state index contributed by atoms with van der Waals surface area (Å²) >= 11 is 2.47. The van der Waals surface area contributed by atoms with E-state index >= 15 is 0 Å². The van der Waals surface area contributed by atoms with Crippen LogP contribution in [0.15, 0.2) is 34.0 Å². The molecule has 0 bridgehead atoms. The molecule has 0 aromatic carbocycles. The number of ether oxygens (including phenoxy) is 2. The summed E-state index contributed by atoms with van der Waals surface area (Å²) in [5.74, 6) is -1.65. The van der Waals surface area contributed by atoms with Gasteiger partial charge in [-0.1, -0.05) is 5.16 Å². The number of nitrogens with two attached hydrogens (primary N) is 1. The molecule has 3 rings (SSSR count). The summed E-state index contributed by atoms with van der Waals surface area (Å²) in [4.78, 5) is 58.6. The summed E-state index contributed by atoms with van der Waals surface area (Å²) < 4.78 is 10.1. The van der Waals surface area contributed by atoms with Crippen molar-refractivity contribution in [1.82, 2.24) is 15.2 Å². The van der Waals surface area contributed by atoms with Crippen LogP contribution < -0.4 is 11.1 Å². The second-order valence-electron chi connectivity index (χ2n) is 7.18. The van der Waals surface area contributed by atoms with Gasteiger partial charge < -0.3 is 30.3 Å². The number of anilines is 1. The molecular formula is C20H23N5O7S2. The number of esters is 2. The van der Waals surface area contributed by atoms with E-state index in [2.05, 4.69) is 15.5 Å². The molecule has 12 nitrogen and oxygen atoms in total. The number of carbonyl (C=O) groups is 4. The highest BCUT2D eigenvalue weighted by Crippen LogP contribution is 2.36. The lowest BCUT2D eigenvalue weighted by Gasteiger charge is -2.47. The average molecular weight is 510 g/mol. The van der Waals surface area contributed by atoms with Gasteiger partial charge in [0.1, 0.15) is 37.4 Å². The second-order valence-corrected chi connectivity index (χ2v) is 9.17. The van der Waals surface area contributed by atoms with Gasteiger partial charge >= 0.3 is 11.9 Å². The van der Waals surface area contributed by atoms with Crippen LogP contribution in [0, 0.1) is 0 Å². The lowest BCUT2D eigenvalue weighted by Crippen LogP contribution is -2.69. The average Bonchev–Trinajstić information content (AvgIpc) is 3.24. The van der Waals surface area contributed by atoms with E-state index in [9.17, 15) is 19.2 Å². The number of thioether (sulfide) groups is 1. The van der Waals surface area contributed by atoms with Crippen molar-refractivity contribution in [3.05, 3.63) is 34.5 Å². The number of hydrogen-bond acceptors (Lipinski definition) is 12. The molecular weight excluding hydrogens is 486 g/mol. The Morgan fingerprint density at radius 3 is 2.76 bits per heavy atom. The van der Waals surface area contributed by atoms with E-state index in [4.69, 9.17) is 20.0 Å². The molecule has 2 amide bonds. The topological polar surface area (TPSA) is 163 Å². The number of thiazole rings is 1. The molecule has 14 heteroatoms. The van der Waals surface area contributed by atoms with Crippen molar-refractivity contribution in [2.75, 3.05) is 31.8 Å². The molecule has 0 radical (unpaired) electrons. The molecule has 1 fully saturated rings. The van der Waals surface area contributed by atoms with Crippen molar-refractivity contribution >= 4 is 57.7 Å². The molecule has 3 N–H and O–H groups in total. The third-order valence-electron chi connectivity index (χ3n) is 4.64. The minimum atomic E-state index is -0.796. The highest BCUT2D eigenvalue weighted by Gasteiger charge is 2.50. The number of fused-ring (bicyclic) bond motifs is 1. The molecule has 0 saturated carbocycles. The lowest BCUT2D eigenvalue weighted by atomic mass is 10.1. The Morgan fingerprint density at radius 2 is 2.12 bits per heavy atom. The summed E-state index contributed by atoms with van der Waals surface area (Å²) in [7, 11) is 1.29. The number of nitrogens with one attached hydrogen (secondary N) is 1. The number of β-lactam (4-membered cyclic amide) rings is 1. The Balaban J connectivity index is 1.56. The first-order valence-corrected chi connectivity index (χ1v) is 11.9. The monoisotopic (exact) mass is 509 g/mol. The maximum absolute atomic E-state index is 12.7. The first-order chi connectivity index (χ1) is 16.2. The van der Waals surface area contributed by atoms with Crippen molar-refractivity contribution in [3.8, 4) is 0 Å². The Hall–Kier alpha value is -3.39. The molecule has 2 atom stereocenters. The Labute approximate surface area is 203 Å². The maximum Gasteiger partial charge on any atom is 0.336 e. The van der Waals surface area contributed by atoms with Crippen LogP contribution in [0.2, 0.25) is 0 Å². The minimum Gasteiger partial charge on any atom is -0.462 e. The number of hydrogen-bond donors (Lipinski definition) is 2. The fourth-order valence-corrected chi connectivity index (χ4v) is 4.75. The van der Waals surface area contributed by atoms with Gasteiger partial charge in [-0.2, -0.15) is 0 Å². The highest BCUT2D eigenvalue weighted by molar-refractivity contribution is 8.00. The van der Waals surface area contributed by atoms with Crippen LogP contribution in [0.1, 0.15) is 19.5 Å². The molecule has 34 heavy (non-hydrogen) atoms.